The lowest BCUT2D eigenvalue weighted by molar-refractivity contribution is -0.205. The normalized spacial score (nSPS) is 34.3. The van der Waals surface area contributed by atoms with Crippen LogP contribution in [0.3, 0.4) is 0 Å². The van der Waals surface area contributed by atoms with Gasteiger partial charge in [0.05, 0.1) is 6.10 Å². The van der Waals surface area contributed by atoms with E-state index in [1.165, 1.54) is 0 Å². The minimum absolute atomic E-state index is 0.0902. The Hall–Kier alpha value is -2.33. The number of hydrogen-bond acceptors (Lipinski definition) is 5. The van der Waals surface area contributed by atoms with Crippen LogP contribution in [0.1, 0.15) is 80.6 Å². The minimum Gasteiger partial charge on any atom is -0.460 e. The van der Waals surface area contributed by atoms with E-state index in [0.717, 1.165) is 29.6 Å². The lowest BCUT2D eigenvalue weighted by Gasteiger charge is -2.62. The molecule has 0 heterocycles. The Morgan fingerprint density at radius 1 is 1.00 bits per heavy atom. The summed E-state index contributed by atoms with van der Waals surface area (Å²) >= 11 is 0. The predicted molar refractivity (Wildman–Crippen MR) is 196 cm³/mol. The van der Waals surface area contributed by atoms with Gasteiger partial charge in [-0.25, -0.2) is 4.79 Å². The number of ether oxygens (including phenoxy) is 1. The molecule has 3 aliphatic carbocycles. The topological polar surface area (TPSA) is 61.8 Å². The zero-order valence-electron chi connectivity index (χ0n) is 30.3. The van der Waals surface area contributed by atoms with Crippen molar-refractivity contribution in [2.24, 2.45) is 34.0 Å². The molecule has 0 aromatic heterocycles. The molecule has 3 aliphatic rings. The van der Waals surface area contributed by atoms with E-state index in [1.54, 1.807) is 0 Å². The summed E-state index contributed by atoms with van der Waals surface area (Å²) in [6.07, 6.45) is 5.53. The van der Waals surface area contributed by atoms with Crippen molar-refractivity contribution in [2.75, 3.05) is 6.61 Å². The van der Waals surface area contributed by atoms with E-state index in [2.05, 4.69) is 92.4 Å². The molecular weight excluding hydrogens is 617 g/mol. The SMILES string of the molecule is C=C[C@]1(C)C[C@@H](OC(=O)CO[Si](c2ccccc2)(c2ccccc2)C(C)(C)C)[C@@]2(C)C3C(=O)CC[C@@]3(CC[C@H]2C)[C@@H](C)[C@@H]1O[SiH](C)C. The van der Waals surface area contributed by atoms with Crippen LogP contribution in [0.15, 0.2) is 73.3 Å². The van der Waals surface area contributed by atoms with Crippen molar-refractivity contribution in [3.8, 4) is 0 Å². The molecule has 0 aliphatic heterocycles. The van der Waals surface area contributed by atoms with Gasteiger partial charge in [0.1, 0.15) is 18.5 Å². The second-order valence-corrected chi connectivity index (χ2v) is 23.4. The third kappa shape index (κ3) is 5.97. The van der Waals surface area contributed by atoms with E-state index < -0.39 is 34.3 Å². The second-order valence-electron chi connectivity index (χ2n) is 16.7. The summed E-state index contributed by atoms with van der Waals surface area (Å²) in [5, 5.41) is 1.98. The van der Waals surface area contributed by atoms with Gasteiger partial charge < -0.3 is 13.6 Å². The third-order valence-electron chi connectivity index (χ3n) is 12.8. The minimum atomic E-state index is -2.95. The van der Waals surface area contributed by atoms with Gasteiger partial charge in [0.2, 0.25) is 0 Å². The fourth-order valence-electron chi connectivity index (χ4n) is 10.2. The fourth-order valence-corrected chi connectivity index (χ4v) is 15.8. The summed E-state index contributed by atoms with van der Waals surface area (Å²) in [7, 11) is -4.40. The van der Waals surface area contributed by atoms with E-state index in [9.17, 15) is 9.59 Å². The number of ketones is 1. The van der Waals surface area contributed by atoms with Gasteiger partial charge in [-0.05, 0) is 71.4 Å². The number of rotatable bonds is 9. The first-order valence-corrected chi connectivity index (χ1v) is 22.5. The first-order valence-electron chi connectivity index (χ1n) is 17.8. The maximum atomic E-state index is 14.3. The van der Waals surface area contributed by atoms with Crippen molar-refractivity contribution in [3.05, 3.63) is 73.3 Å². The predicted octanol–water partition coefficient (Wildman–Crippen LogP) is 7.48. The highest BCUT2D eigenvalue weighted by Crippen LogP contribution is 2.68. The van der Waals surface area contributed by atoms with Crippen molar-refractivity contribution in [2.45, 2.75) is 111 Å². The van der Waals surface area contributed by atoms with Gasteiger partial charge in [-0.2, -0.15) is 0 Å². The average molecular weight is 675 g/mol. The van der Waals surface area contributed by atoms with Crippen LogP contribution in [0, 0.1) is 34.0 Å². The maximum Gasteiger partial charge on any atom is 0.331 e. The molecule has 0 N–H and O–H groups in total. The monoisotopic (exact) mass is 674 g/mol. The zero-order chi connectivity index (χ0) is 34.4. The van der Waals surface area contributed by atoms with Gasteiger partial charge in [-0.15, -0.1) is 6.58 Å². The molecule has 47 heavy (non-hydrogen) atoms. The van der Waals surface area contributed by atoms with Crippen molar-refractivity contribution < 1.29 is 23.2 Å². The Bertz CT molecular complexity index is 1400. The van der Waals surface area contributed by atoms with Crippen molar-refractivity contribution in [1.82, 2.24) is 0 Å². The van der Waals surface area contributed by atoms with Gasteiger partial charge in [0, 0.05) is 23.2 Å². The Labute approximate surface area is 286 Å². The van der Waals surface area contributed by atoms with Gasteiger partial charge >= 0.3 is 5.97 Å². The largest absolute Gasteiger partial charge is 0.460 e. The first-order chi connectivity index (χ1) is 22.1. The molecule has 2 bridgehead atoms. The maximum absolute atomic E-state index is 14.3. The van der Waals surface area contributed by atoms with Crippen LogP contribution in [-0.4, -0.2) is 47.9 Å². The van der Waals surface area contributed by atoms with Gasteiger partial charge in [-0.1, -0.05) is 115 Å². The molecule has 3 saturated carbocycles. The summed E-state index contributed by atoms with van der Waals surface area (Å²) in [5.74, 6) is 0.209. The lowest BCUT2D eigenvalue weighted by Crippen LogP contribution is -2.67. The van der Waals surface area contributed by atoms with Crippen LogP contribution in [0.25, 0.3) is 0 Å². The Kier molecular flexibility index (Phi) is 10.1. The Morgan fingerprint density at radius 3 is 2.09 bits per heavy atom. The molecule has 0 radical (unpaired) electrons. The van der Waals surface area contributed by atoms with E-state index in [-0.39, 0.29) is 46.9 Å². The molecule has 1 unspecified atom stereocenters. The summed E-state index contributed by atoms with van der Waals surface area (Å²) in [6.45, 7) is 24.3. The number of carbonyl (C=O) groups is 2. The van der Waals surface area contributed by atoms with Crippen LogP contribution >= 0.6 is 0 Å². The van der Waals surface area contributed by atoms with Gasteiger partial charge in [0.15, 0.2) is 9.04 Å². The molecule has 5 nitrogen and oxygen atoms in total. The van der Waals surface area contributed by atoms with Crippen molar-refractivity contribution >= 4 is 39.5 Å². The third-order valence-corrected chi connectivity index (χ3v) is 18.6. The summed E-state index contributed by atoms with van der Waals surface area (Å²) in [5.41, 5.74) is -1.10. The van der Waals surface area contributed by atoms with Crippen molar-refractivity contribution in [1.29, 1.82) is 0 Å². The summed E-state index contributed by atoms with van der Waals surface area (Å²) < 4.78 is 20.7. The Morgan fingerprint density at radius 2 is 1.57 bits per heavy atom. The number of carbonyl (C=O) groups excluding carboxylic acids is 2. The number of Topliss-reactive ketones (excluding diaryl/α,β-unsaturated/α-hetero) is 1. The van der Waals surface area contributed by atoms with Crippen LogP contribution in [-0.2, 0) is 23.2 Å². The second kappa shape index (κ2) is 13.2. The van der Waals surface area contributed by atoms with Gasteiger partial charge in [0.25, 0.3) is 8.32 Å². The van der Waals surface area contributed by atoms with Crippen LogP contribution < -0.4 is 10.4 Å². The Balaban J connectivity index is 1.55. The van der Waals surface area contributed by atoms with E-state index >= 15 is 0 Å². The molecule has 0 amide bonds. The summed E-state index contributed by atoms with van der Waals surface area (Å²) in [6, 6.07) is 20.8. The molecule has 0 spiro atoms. The van der Waals surface area contributed by atoms with E-state index in [1.807, 2.05) is 42.5 Å². The molecular formula is C40H58O5Si2. The highest BCUT2D eigenvalue weighted by atomic mass is 28.4. The standard InChI is InChI=1S/C40H58O5Si2/c1-11-38(7)26-33(39(8)28(2)22-24-40(25-23-32(41)35(39)40)29(3)36(38)45-46(9)10)44-34(42)27-43-47(37(4,5)6,30-18-14-12-15-19-30)31-20-16-13-17-21-31/h11-21,28-29,33,35-36,46H,1,22-27H2,2-10H3/t28-,29+,33-,35?,36+,38-,39+,40+/m1/s1. The fraction of sp³-hybridized carbons (Fsp3) is 0.600. The molecule has 0 saturated heterocycles. The first kappa shape index (κ1) is 36.0. The molecule has 2 aromatic carbocycles. The molecule has 5 rings (SSSR count). The lowest BCUT2D eigenvalue weighted by atomic mass is 9.44. The summed E-state index contributed by atoms with van der Waals surface area (Å²) in [4.78, 5) is 28.3. The van der Waals surface area contributed by atoms with Crippen LogP contribution in [0.2, 0.25) is 18.1 Å². The average Bonchev–Trinajstić information content (AvgIpc) is 3.39. The van der Waals surface area contributed by atoms with Crippen molar-refractivity contribution in [3.63, 3.8) is 0 Å². The number of benzene rings is 2. The molecule has 8 atom stereocenters. The smallest absolute Gasteiger partial charge is 0.331 e. The number of hydrogen-bond donors (Lipinski definition) is 0. The highest BCUT2D eigenvalue weighted by Gasteiger charge is 2.68. The highest BCUT2D eigenvalue weighted by molar-refractivity contribution is 6.99. The van der Waals surface area contributed by atoms with E-state index in [4.69, 9.17) is 13.6 Å². The van der Waals surface area contributed by atoms with Crippen LogP contribution in [0.5, 0.6) is 0 Å². The molecule has 7 heteroatoms. The molecule has 3 fully saturated rings. The van der Waals surface area contributed by atoms with E-state index in [0.29, 0.717) is 18.6 Å². The van der Waals surface area contributed by atoms with Crippen LogP contribution in [0.4, 0.5) is 0 Å². The zero-order valence-corrected chi connectivity index (χ0v) is 32.5. The van der Waals surface area contributed by atoms with Gasteiger partial charge in [-0.3, -0.25) is 4.79 Å². The molecule has 256 valence electrons. The quantitative estimate of drug-likeness (QED) is 0.157. The molecule has 2 aromatic rings. The number of esters is 1.